The first-order valence-corrected chi connectivity index (χ1v) is 7.40. The van der Waals surface area contributed by atoms with Crippen molar-refractivity contribution in [3.05, 3.63) is 24.3 Å². The summed E-state index contributed by atoms with van der Waals surface area (Å²) in [6, 6.07) is 7.09. The molecule has 0 radical (unpaired) electrons. The van der Waals surface area contributed by atoms with Crippen molar-refractivity contribution in [2.45, 2.75) is 33.6 Å². The number of aliphatic carboxylic acids is 1. The lowest BCUT2D eigenvalue weighted by atomic mass is 9.65. The minimum absolute atomic E-state index is 0.125. The van der Waals surface area contributed by atoms with Gasteiger partial charge in [-0.05, 0) is 49.4 Å². The first kappa shape index (κ1) is 16.3. The lowest BCUT2D eigenvalue weighted by Gasteiger charge is -2.37. The quantitative estimate of drug-likeness (QED) is 0.896. The molecule has 0 saturated heterocycles. The maximum Gasteiger partial charge on any atom is 0.309 e. The number of amides is 1. The van der Waals surface area contributed by atoms with Crippen molar-refractivity contribution in [1.29, 1.82) is 0 Å². The molecule has 0 heterocycles. The van der Waals surface area contributed by atoms with E-state index in [4.69, 9.17) is 4.74 Å². The number of carbonyl (C=O) groups is 2. The zero-order valence-corrected chi connectivity index (χ0v) is 13.5. The molecular weight excluding hydrogens is 282 g/mol. The molecule has 1 amide bonds. The van der Waals surface area contributed by atoms with E-state index in [1.807, 2.05) is 13.8 Å². The van der Waals surface area contributed by atoms with E-state index in [0.717, 1.165) is 5.75 Å². The van der Waals surface area contributed by atoms with Gasteiger partial charge in [-0.2, -0.15) is 0 Å². The van der Waals surface area contributed by atoms with Crippen LogP contribution in [-0.4, -0.2) is 24.1 Å². The van der Waals surface area contributed by atoms with Crippen molar-refractivity contribution < 1.29 is 19.4 Å². The van der Waals surface area contributed by atoms with Crippen molar-refractivity contribution in [3.63, 3.8) is 0 Å². The van der Waals surface area contributed by atoms with E-state index in [2.05, 4.69) is 5.32 Å². The number of anilines is 1. The van der Waals surface area contributed by atoms with Gasteiger partial charge in [0.15, 0.2) is 0 Å². The van der Waals surface area contributed by atoms with Crippen LogP contribution in [0.25, 0.3) is 0 Å². The minimum atomic E-state index is -0.880. The summed E-state index contributed by atoms with van der Waals surface area (Å²) in [6.45, 7) is 5.47. The number of hydrogen-bond acceptors (Lipinski definition) is 3. The molecule has 2 rings (SSSR count). The van der Waals surface area contributed by atoms with Crippen LogP contribution in [0, 0.1) is 16.7 Å². The number of rotatable bonds is 4. The molecule has 0 spiro atoms. The van der Waals surface area contributed by atoms with Gasteiger partial charge in [0, 0.05) is 11.6 Å². The second-order valence-electron chi connectivity index (χ2n) is 6.67. The first-order chi connectivity index (χ1) is 10.2. The van der Waals surface area contributed by atoms with E-state index in [-0.39, 0.29) is 11.8 Å². The summed E-state index contributed by atoms with van der Waals surface area (Å²) in [7, 11) is 1.58. The molecule has 1 aromatic rings. The summed E-state index contributed by atoms with van der Waals surface area (Å²) in [5, 5.41) is 12.4. The molecule has 22 heavy (non-hydrogen) atoms. The third kappa shape index (κ3) is 2.56. The van der Waals surface area contributed by atoms with Gasteiger partial charge in [0.1, 0.15) is 5.75 Å². The number of carbonyl (C=O) groups excluding carboxylic acids is 1. The molecule has 1 fully saturated rings. The van der Waals surface area contributed by atoms with E-state index in [0.29, 0.717) is 18.5 Å². The zero-order valence-electron chi connectivity index (χ0n) is 13.5. The Morgan fingerprint density at radius 1 is 1.23 bits per heavy atom. The maximum atomic E-state index is 12.6. The summed E-state index contributed by atoms with van der Waals surface area (Å²) in [5.41, 5.74) is -0.796. The van der Waals surface area contributed by atoms with Gasteiger partial charge in [-0.15, -0.1) is 0 Å². The second kappa shape index (κ2) is 5.63. The molecule has 5 nitrogen and oxygen atoms in total. The summed E-state index contributed by atoms with van der Waals surface area (Å²) < 4.78 is 5.08. The number of ether oxygens (including phenoxy) is 1. The summed E-state index contributed by atoms with van der Waals surface area (Å²) in [5.74, 6) is -0.564. The number of carboxylic acid groups (broad SMARTS) is 1. The van der Waals surface area contributed by atoms with Gasteiger partial charge >= 0.3 is 5.97 Å². The summed E-state index contributed by atoms with van der Waals surface area (Å²) in [6.07, 6.45) is 1.09. The highest BCUT2D eigenvalue weighted by molar-refractivity contribution is 5.94. The van der Waals surface area contributed by atoms with Gasteiger partial charge < -0.3 is 15.2 Å². The molecule has 5 heteroatoms. The molecule has 120 valence electrons. The Labute approximate surface area is 130 Å². The molecule has 1 aliphatic carbocycles. The lowest BCUT2D eigenvalue weighted by molar-refractivity contribution is -0.154. The highest BCUT2D eigenvalue weighted by Crippen LogP contribution is 2.56. The van der Waals surface area contributed by atoms with Crippen molar-refractivity contribution in [2.75, 3.05) is 12.4 Å². The lowest BCUT2D eigenvalue weighted by Crippen LogP contribution is -2.43. The molecule has 2 N–H and O–H groups in total. The number of hydrogen-bond donors (Lipinski definition) is 2. The predicted molar refractivity (Wildman–Crippen MR) is 83.9 cm³/mol. The van der Waals surface area contributed by atoms with Gasteiger partial charge in [0.2, 0.25) is 5.91 Å². The highest BCUT2D eigenvalue weighted by atomic mass is 16.5. The van der Waals surface area contributed by atoms with E-state index in [1.165, 1.54) is 0 Å². The van der Waals surface area contributed by atoms with Gasteiger partial charge in [-0.3, -0.25) is 9.59 Å². The van der Waals surface area contributed by atoms with Crippen LogP contribution >= 0.6 is 0 Å². The Bertz CT molecular complexity index is 579. The predicted octanol–water partition coefficient (Wildman–Crippen LogP) is 3.16. The van der Waals surface area contributed by atoms with Crippen LogP contribution in [0.2, 0.25) is 0 Å². The smallest absolute Gasteiger partial charge is 0.309 e. The van der Waals surface area contributed by atoms with Crippen molar-refractivity contribution >= 4 is 17.6 Å². The zero-order chi connectivity index (χ0) is 16.5. The van der Waals surface area contributed by atoms with Gasteiger partial charge in [-0.1, -0.05) is 13.8 Å². The minimum Gasteiger partial charge on any atom is -0.497 e. The Balaban J connectivity index is 2.14. The van der Waals surface area contributed by atoms with Gasteiger partial charge in [0.05, 0.1) is 12.5 Å². The summed E-state index contributed by atoms with van der Waals surface area (Å²) >= 11 is 0. The topological polar surface area (TPSA) is 75.6 Å². The Morgan fingerprint density at radius 3 is 2.27 bits per heavy atom. The van der Waals surface area contributed by atoms with Crippen molar-refractivity contribution in [1.82, 2.24) is 0 Å². The first-order valence-electron chi connectivity index (χ1n) is 7.40. The normalized spacial score (nSPS) is 26.5. The van der Waals surface area contributed by atoms with Crippen LogP contribution in [0.4, 0.5) is 5.69 Å². The molecular formula is C17H23NO4. The van der Waals surface area contributed by atoms with E-state index >= 15 is 0 Å². The third-order valence-corrected chi connectivity index (χ3v) is 5.37. The fourth-order valence-electron chi connectivity index (χ4n) is 3.25. The fraction of sp³-hybridized carbons (Fsp3) is 0.529. The van der Waals surface area contributed by atoms with Gasteiger partial charge in [-0.25, -0.2) is 0 Å². The average molecular weight is 305 g/mol. The Morgan fingerprint density at radius 2 is 1.82 bits per heavy atom. The van der Waals surface area contributed by atoms with E-state index < -0.39 is 16.8 Å². The van der Waals surface area contributed by atoms with Crippen LogP contribution in [0.1, 0.15) is 33.6 Å². The number of methoxy groups -OCH3 is 1. The van der Waals surface area contributed by atoms with E-state index in [1.54, 1.807) is 38.3 Å². The molecule has 0 aromatic heterocycles. The Kier molecular flexibility index (Phi) is 4.18. The number of benzene rings is 1. The Hall–Kier alpha value is -2.04. The van der Waals surface area contributed by atoms with Crippen LogP contribution in [-0.2, 0) is 9.59 Å². The van der Waals surface area contributed by atoms with Crippen LogP contribution in [0.3, 0.4) is 0 Å². The van der Waals surface area contributed by atoms with Crippen LogP contribution < -0.4 is 10.1 Å². The fourth-order valence-corrected chi connectivity index (χ4v) is 3.25. The standard InChI is InChI=1S/C17H23NO4/c1-16(2)13(9-10-17(16,3)15(20)21)14(19)18-11-5-7-12(22-4)8-6-11/h5-8,13H,9-10H2,1-4H3,(H,18,19)(H,20,21)/t13-,17-/m0/s1. The van der Waals surface area contributed by atoms with Crippen molar-refractivity contribution in [3.8, 4) is 5.75 Å². The van der Waals surface area contributed by atoms with Crippen LogP contribution in [0.5, 0.6) is 5.75 Å². The van der Waals surface area contributed by atoms with E-state index in [9.17, 15) is 14.7 Å². The SMILES string of the molecule is COc1ccc(NC(=O)[C@@H]2CC[C@@](C)(C(=O)O)C2(C)C)cc1. The molecule has 2 atom stereocenters. The largest absolute Gasteiger partial charge is 0.497 e. The number of carboxylic acids is 1. The average Bonchev–Trinajstić information content (AvgIpc) is 2.71. The highest BCUT2D eigenvalue weighted by Gasteiger charge is 2.58. The maximum absolute atomic E-state index is 12.6. The summed E-state index contributed by atoms with van der Waals surface area (Å²) in [4.78, 5) is 24.2. The number of nitrogens with one attached hydrogen (secondary N) is 1. The van der Waals surface area contributed by atoms with Gasteiger partial charge in [0.25, 0.3) is 0 Å². The van der Waals surface area contributed by atoms with Crippen molar-refractivity contribution in [2.24, 2.45) is 16.7 Å². The molecule has 0 bridgehead atoms. The third-order valence-electron chi connectivity index (χ3n) is 5.37. The van der Waals surface area contributed by atoms with Crippen LogP contribution in [0.15, 0.2) is 24.3 Å². The molecule has 1 aliphatic rings. The second-order valence-corrected chi connectivity index (χ2v) is 6.67. The monoisotopic (exact) mass is 305 g/mol. The molecule has 0 unspecified atom stereocenters. The molecule has 1 aromatic carbocycles. The molecule has 0 aliphatic heterocycles. The molecule has 1 saturated carbocycles.